The molecule has 1 saturated heterocycles. The fourth-order valence-corrected chi connectivity index (χ4v) is 1.46. The van der Waals surface area contributed by atoms with Gasteiger partial charge in [-0.2, -0.15) is 0 Å². The van der Waals surface area contributed by atoms with Crippen LogP contribution in [0.15, 0.2) is 0 Å². The van der Waals surface area contributed by atoms with Gasteiger partial charge in [-0.15, -0.1) is 0 Å². The number of rotatable bonds is 2. The molecule has 0 aliphatic carbocycles. The summed E-state index contributed by atoms with van der Waals surface area (Å²) in [7, 11) is 0. The predicted octanol–water partition coefficient (Wildman–Crippen LogP) is 1.72. The molecule has 1 rings (SSSR count). The predicted molar refractivity (Wildman–Crippen MR) is 56.1 cm³/mol. The van der Waals surface area contributed by atoms with Crippen molar-refractivity contribution >= 4 is 5.97 Å². The summed E-state index contributed by atoms with van der Waals surface area (Å²) in [5, 5.41) is 3.35. The van der Waals surface area contributed by atoms with Crippen molar-refractivity contribution in [1.29, 1.82) is 0 Å². The van der Waals surface area contributed by atoms with E-state index in [-0.39, 0.29) is 11.4 Å². The van der Waals surface area contributed by atoms with Crippen LogP contribution in [-0.2, 0) is 9.53 Å². The second-order valence-electron chi connectivity index (χ2n) is 5.00. The van der Waals surface area contributed by atoms with E-state index >= 15 is 0 Å². The summed E-state index contributed by atoms with van der Waals surface area (Å²) >= 11 is 0. The molecule has 1 atom stereocenters. The molecule has 0 radical (unpaired) electrons. The Morgan fingerprint density at radius 2 is 2.14 bits per heavy atom. The van der Waals surface area contributed by atoms with Crippen LogP contribution in [0, 0.1) is 5.41 Å². The Morgan fingerprint density at radius 3 is 2.64 bits per heavy atom. The highest BCUT2D eigenvalue weighted by molar-refractivity contribution is 5.75. The average Bonchev–Trinajstić information content (AvgIpc) is 2.14. The summed E-state index contributed by atoms with van der Waals surface area (Å²) in [6.45, 7) is 7.21. The molecule has 0 aromatic heterocycles. The van der Waals surface area contributed by atoms with E-state index in [1.54, 1.807) is 0 Å². The molecule has 0 aromatic carbocycles. The Labute approximate surface area is 86.2 Å². The monoisotopic (exact) mass is 199 g/mol. The number of piperidine rings is 1. The number of carbonyl (C=O) groups excluding carboxylic acids is 1. The van der Waals surface area contributed by atoms with E-state index in [2.05, 4.69) is 5.32 Å². The fourth-order valence-electron chi connectivity index (χ4n) is 1.46. The van der Waals surface area contributed by atoms with Crippen molar-refractivity contribution in [2.45, 2.75) is 46.1 Å². The molecule has 3 nitrogen and oxygen atoms in total. The van der Waals surface area contributed by atoms with Crippen molar-refractivity contribution in [1.82, 2.24) is 5.32 Å². The maximum atomic E-state index is 11.5. The molecule has 0 amide bonds. The van der Waals surface area contributed by atoms with Gasteiger partial charge in [0, 0.05) is 6.04 Å². The summed E-state index contributed by atoms with van der Waals surface area (Å²) in [5.41, 5.74) is -0.380. The van der Waals surface area contributed by atoms with Gasteiger partial charge in [-0.3, -0.25) is 4.79 Å². The fraction of sp³-hybridized carbons (Fsp3) is 0.909. The molecule has 82 valence electrons. The van der Waals surface area contributed by atoms with Crippen molar-refractivity contribution < 1.29 is 9.53 Å². The minimum atomic E-state index is -0.380. The van der Waals surface area contributed by atoms with Gasteiger partial charge in [-0.25, -0.2) is 0 Å². The van der Waals surface area contributed by atoms with Crippen LogP contribution in [0.25, 0.3) is 0 Å². The van der Waals surface area contributed by atoms with E-state index in [9.17, 15) is 4.79 Å². The Hall–Kier alpha value is -0.570. The van der Waals surface area contributed by atoms with Crippen molar-refractivity contribution in [3.63, 3.8) is 0 Å². The van der Waals surface area contributed by atoms with Gasteiger partial charge in [0.05, 0.1) is 5.41 Å². The SMILES string of the molecule is CC(C)(C)C(=O)OCC1CCCCN1. The van der Waals surface area contributed by atoms with Gasteiger partial charge in [-0.05, 0) is 40.2 Å². The summed E-state index contributed by atoms with van der Waals surface area (Å²) < 4.78 is 5.24. The van der Waals surface area contributed by atoms with Gasteiger partial charge in [0.15, 0.2) is 0 Å². The van der Waals surface area contributed by atoms with Crippen molar-refractivity contribution in [3.8, 4) is 0 Å². The number of hydrogen-bond donors (Lipinski definition) is 1. The number of carbonyl (C=O) groups is 1. The molecule has 0 bridgehead atoms. The van der Waals surface area contributed by atoms with E-state index in [1.165, 1.54) is 12.8 Å². The second-order valence-corrected chi connectivity index (χ2v) is 5.00. The Kier molecular flexibility index (Phi) is 3.93. The molecular formula is C11H21NO2. The lowest BCUT2D eigenvalue weighted by molar-refractivity contribution is -0.153. The van der Waals surface area contributed by atoms with Gasteiger partial charge in [0.2, 0.25) is 0 Å². The Morgan fingerprint density at radius 1 is 1.43 bits per heavy atom. The first-order valence-electron chi connectivity index (χ1n) is 5.41. The number of nitrogens with one attached hydrogen (secondary N) is 1. The molecule has 14 heavy (non-hydrogen) atoms. The highest BCUT2D eigenvalue weighted by Crippen LogP contribution is 2.16. The van der Waals surface area contributed by atoms with Gasteiger partial charge in [-0.1, -0.05) is 6.42 Å². The lowest BCUT2D eigenvalue weighted by Gasteiger charge is -2.25. The zero-order valence-electron chi connectivity index (χ0n) is 9.43. The van der Waals surface area contributed by atoms with E-state index < -0.39 is 0 Å². The third-order valence-electron chi connectivity index (χ3n) is 2.44. The minimum absolute atomic E-state index is 0.107. The van der Waals surface area contributed by atoms with Crippen molar-refractivity contribution in [2.75, 3.05) is 13.2 Å². The standard InChI is InChI=1S/C11H21NO2/c1-11(2,3)10(13)14-8-9-6-4-5-7-12-9/h9,12H,4-8H2,1-3H3. The van der Waals surface area contributed by atoms with Crippen LogP contribution in [0.1, 0.15) is 40.0 Å². The lowest BCUT2D eigenvalue weighted by Crippen LogP contribution is -2.39. The van der Waals surface area contributed by atoms with Crippen LogP contribution in [0.2, 0.25) is 0 Å². The maximum absolute atomic E-state index is 11.5. The lowest BCUT2D eigenvalue weighted by atomic mass is 9.97. The smallest absolute Gasteiger partial charge is 0.311 e. The van der Waals surface area contributed by atoms with E-state index in [4.69, 9.17) is 4.74 Å². The minimum Gasteiger partial charge on any atom is -0.464 e. The first-order valence-corrected chi connectivity index (χ1v) is 5.41. The average molecular weight is 199 g/mol. The first kappa shape index (κ1) is 11.5. The Bertz CT molecular complexity index is 190. The van der Waals surface area contributed by atoms with E-state index in [0.29, 0.717) is 12.6 Å². The number of ether oxygens (including phenoxy) is 1. The number of hydrogen-bond acceptors (Lipinski definition) is 3. The Balaban J connectivity index is 2.22. The topological polar surface area (TPSA) is 38.3 Å². The van der Waals surface area contributed by atoms with Crippen molar-refractivity contribution in [2.24, 2.45) is 5.41 Å². The second kappa shape index (κ2) is 4.78. The molecular weight excluding hydrogens is 178 g/mol. The van der Waals surface area contributed by atoms with Crippen LogP contribution in [-0.4, -0.2) is 25.2 Å². The van der Waals surface area contributed by atoms with Gasteiger partial charge < -0.3 is 10.1 Å². The molecule has 1 aliphatic heterocycles. The molecule has 1 heterocycles. The van der Waals surface area contributed by atoms with Gasteiger partial charge >= 0.3 is 5.97 Å². The largest absolute Gasteiger partial charge is 0.464 e. The zero-order valence-corrected chi connectivity index (χ0v) is 9.43. The molecule has 0 saturated carbocycles. The highest BCUT2D eigenvalue weighted by atomic mass is 16.5. The molecule has 0 aromatic rings. The number of esters is 1. The third-order valence-corrected chi connectivity index (χ3v) is 2.44. The van der Waals surface area contributed by atoms with Gasteiger partial charge in [0.25, 0.3) is 0 Å². The van der Waals surface area contributed by atoms with Gasteiger partial charge in [0.1, 0.15) is 6.61 Å². The molecule has 1 aliphatic rings. The van der Waals surface area contributed by atoms with E-state index in [1.807, 2.05) is 20.8 Å². The summed E-state index contributed by atoms with van der Waals surface area (Å²) in [6, 6.07) is 0.370. The summed E-state index contributed by atoms with van der Waals surface area (Å²) in [5.74, 6) is -0.107. The quantitative estimate of drug-likeness (QED) is 0.688. The maximum Gasteiger partial charge on any atom is 0.311 e. The molecule has 0 spiro atoms. The highest BCUT2D eigenvalue weighted by Gasteiger charge is 2.24. The normalized spacial score (nSPS) is 23.2. The van der Waals surface area contributed by atoms with Crippen LogP contribution in [0.3, 0.4) is 0 Å². The van der Waals surface area contributed by atoms with Crippen LogP contribution in [0.5, 0.6) is 0 Å². The first-order chi connectivity index (χ1) is 6.50. The zero-order chi connectivity index (χ0) is 10.6. The van der Waals surface area contributed by atoms with Crippen LogP contribution < -0.4 is 5.32 Å². The van der Waals surface area contributed by atoms with Crippen LogP contribution >= 0.6 is 0 Å². The van der Waals surface area contributed by atoms with E-state index in [0.717, 1.165) is 13.0 Å². The summed E-state index contributed by atoms with van der Waals surface area (Å²) in [6.07, 6.45) is 3.60. The molecule has 3 heteroatoms. The molecule has 1 unspecified atom stereocenters. The third kappa shape index (κ3) is 3.66. The summed E-state index contributed by atoms with van der Waals surface area (Å²) in [4.78, 5) is 11.5. The van der Waals surface area contributed by atoms with Crippen molar-refractivity contribution in [3.05, 3.63) is 0 Å². The molecule has 1 N–H and O–H groups in total. The van der Waals surface area contributed by atoms with Crippen LogP contribution in [0.4, 0.5) is 0 Å². The molecule has 1 fully saturated rings.